The van der Waals surface area contributed by atoms with Crippen molar-refractivity contribution < 1.29 is 55.1 Å². The van der Waals surface area contributed by atoms with Gasteiger partial charge in [-0.2, -0.15) is 0 Å². The summed E-state index contributed by atoms with van der Waals surface area (Å²) in [6.45, 7) is -1.35. The van der Waals surface area contributed by atoms with Gasteiger partial charge in [0.1, 0.15) is 48.8 Å². The van der Waals surface area contributed by atoms with Crippen molar-refractivity contribution >= 4 is 0 Å². The van der Waals surface area contributed by atoms with Gasteiger partial charge in [0.2, 0.25) is 0 Å². The molecule has 0 aliphatic carbocycles. The number of hydrogen-bond donors (Lipinski definition) is 8. The van der Waals surface area contributed by atoms with E-state index in [2.05, 4.69) is 0 Å². The summed E-state index contributed by atoms with van der Waals surface area (Å²) in [5.74, 6) is 0. The van der Waals surface area contributed by atoms with Gasteiger partial charge >= 0.3 is 0 Å². The van der Waals surface area contributed by atoms with Crippen molar-refractivity contribution in [1.82, 2.24) is 0 Å². The SMILES string of the molecule is OC[C@H]1OC(O)[C@H](O)[C@@H](O)[C@@H]1O[13CH]1O[13CH]([13CH2]O)[13CH](O)[13CH](O)[13CH]1O. The molecule has 11 heteroatoms. The van der Waals surface area contributed by atoms with Crippen LogP contribution in [-0.4, -0.2) is 115 Å². The van der Waals surface area contributed by atoms with E-state index in [1.165, 1.54) is 0 Å². The molecule has 10 atom stereocenters. The Bertz CT molecular complexity index is 378. The van der Waals surface area contributed by atoms with Gasteiger partial charge in [0.15, 0.2) is 12.6 Å². The summed E-state index contributed by atoms with van der Waals surface area (Å²) in [5.41, 5.74) is 0. The Morgan fingerprint density at radius 3 is 1.83 bits per heavy atom. The molecular formula is C12H22O11. The summed E-state index contributed by atoms with van der Waals surface area (Å²) in [6.07, 6.45) is -15.6. The first-order chi connectivity index (χ1) is 10.8. The van der Waals surface area contributed by atoms with Crippen LogP contribution < -0.4 is 0 Å². The van der Waals surface area contributed by atoms with Crippen LogP contribution in [0.25, 0.3) is 0 Å². The maximum absolute atomic E-state index is 9.94. The lowest BCUT2D eigenvalue weighted by atomic mass is 9.99. The maximum Gasteiger partial charge on any atom is 0.187 e. The molecular weight excluding hydrogens is 326 g/mol. The first kappa shape index (κ1) is 18.9. The summed E-state index contributed by atoms with van der Waals surface area (Å²) in [4.78, 5) is 0. The second kappa shape index (κ2) is 7.63. The Labute approximate surface area is 130 Å². The lowest BCUT2D eigenvalue weighted by molar-refractivity contribution is -0.355. The molecule has 2 heterocycles. The van der Waals surface area contributed by atoms with Crippen LogP contribution in [0.15, 0.2) is 0 Å². The Morgan fingerprint density at radius 2 is 1.26 bits per heavy atom. The van der Waals surface area contributed by atoms with Crippen LogP contribution in [0.3, 0.4) is 0 Å². The highest BCUT2D eigenvalue weighted by Crippen LogP contribution is 2.28. The predicted octanol–water partition coefficient (Wildman–Crippen LogP) is -5.40. The molecule has 2 saturated heterocycles. The highest BCUT2D eigenvalue weighted by Gasteiger charge is 2.50. The van der Waals surface area contributed by atoms with Crippen LogP contribution in [0.5, 0.6) is 0 Å². The van der Waals surface area contributed by atoms with E-state index in [0.29, 0.717) is 0 Å². The zero-order valence-corrected chi connectivity index (χ0v) is 12.0. The lowest BCUT2D eigenvalue weighted by Crippen LogP contribution is -2.64. The van der Waals surface area contributed by atoms with Crippen LogP contribution in [0.4, 0.5) is 0 Å². The summed E-state index contributed by atoms with van der Waals surface area (Å²) >= 11 is 0. The smallest absolute Gasteiger partial charge is 0.187 e. The molecule has 2 aliphatic heterocycles. The van der Waals surface area contributed by atoms with E-state index in [1.807, 2.05) is 0 Å². The van der Waals surface area contributed by atoms with Gasteiger partial charge in [-0.3, -0.25) is 0 Å². The van der Waals surface area contributed by atoms with E-state index in [1.54, 1.807) is 0 Å². The van der Waals surface area contributed by atoms with Crippen molar-refractivity contribution in [3.63, 3.8) is 0 Å². The fourth-order valence-corrected chi connectivity index (χ4v) is 2.57. The number of hydrogen-bond acceptors (Lipinski definition) is 11. The monoisotopic (exact) mass is 348 g/mol. The molecule has 2 aliphatic rings. The van der Waals surface area contributed by atoms with Crippen molar-refractivity contribution in [1.29, 1.82) is 0 Å². The zero-order valence-electron chi connectivity index (χ0n) is 12.0. The van der Waals surface area contributed by atoms with Crippen LogP contribution in [0.1, 0.15) is 0 Å². The number of rotatable bonds is 4. The molecule has 2 rings (SSSR count). The quantitative estimate of drug-likeness (QED) is 0.226. The summed E-state index contributed by atoms with van der Waals surface area (Å²) in [5, 5.41) is 76.5. The summed E-state index contributed by atoms with van der Waals surface area (Å²) in [7, 11) is 0. The third kappa shape index (κ3) is 3.65. The minimum atomic E-state index is -1.74. The van der Waals surface area contributed by atoms with Gasteiger partial charge in [0.25, 0.3) is 0 Å². The molecule has 0 amide bonds. The van der Waals surface area contributed by atoms with Crippen LogP contribution in [0.2, 0.25) is 0 Å². The molecule has 11 nitrogen and oxygen atoms in total. The van der Waals surface area contributed by atoms with E-state index >= 15 is 0 Å². The predicted molar refractivity (Wildman–Crippen MR) is 68.6 cm³/mol. The third-order valence-electron chi connectivity index (χ3n) is 3.98. The van der Waals surface area contributed by atoms with E-state index in [0.717, 1.165) is 0 Å². The average Bonchev–Trinajstić information content (AvgIpc) is 2.55. The molecule has 23 heavy (non-hydrogen) atoms. The van der Waals surface area contributed by atoms with Gasteiger partial charge < -0.3 is 55.1 Å². The lowest BCUT2D eigenvalue weighted by Gasteiger charge is -2.45. The molecule has 8 N–H and O–H groups in total. The fourth-order valence-electron chi connectivity index (χ4n) is 2.57. The van der Waals surface area contributed by atoms with Gasteiger partial charge in [0, 0.05) is 0 Å². The molecule has 6 unspecified atom stereocenters. The molecule has 0 radical (unpaired) electrons. The Hall–Kier alpha value is -0.440. The molecule has 0 bridgehead atoms. The standard InChI is InChI=1S/C12H22O11/c13-1-3-5(15)6(16)9(19)12(22-3)23-10-4(2-14)21-11(20)8(18)7(10)17/h3-20H,1-2H2/t3?,4-,5?,6?,7-,8-,9?,10-,11?,12?/m1/s1/i1+1,3+1,5+1,6+1,9+1,12+1. The van der Waals surface area contributed by atoms with Crippen molar-refractivity contribution in [3.8, 4) is 0 Å². The highest BCUT2D eigenvalue weighted by atomic mass is 16.9. The number of aliphatic hydroxyl groups is 8. The van der Waals surface area contributed by atoms with Gasteiger partial charge in [-0.1, -0.05) is 0 Å². The Morgan fingerprint density at radius 1 is 0.652 bits per heavy atom. The van der Waals surface area contributed by atoms with E-state index in [9.17, 15) is 35.7 Å². The number of aliphatic hydroxyl groups excluding tert-OH is 8. The second-order valence-electron chi connectivity index (χ2n) is 5.53. The summed E-state index contributed by atoms with van der Waals surface area (Å²) < 4.78 is 15.3. The fraction of sp³-hybridized carbons (Fsp3) is 1.00. The van der Waals surface area contributed by atoms with Crippen LogP contribution >= 0.6 is 0 Å². The second-order valence-corrected chi connectivity index (χ2v) is 5.53. The molecule has 0 saturated carbocycles. The van der Waals surface area contributed by atoms with Gasteiger partial charge in [-0.05, 0) is 0 Å². The van der Waals surface area contributed by atoms with E-state index < -0.39 is 74.6 Å². The Kier molecular flexibility index (Phi) is 6.27. The number of ether oxygens (including phenoxy) is 3. The zero-order chi connectivity index (χ0) is 17.3. The van der Waals surface area contributed by atoms with Crippen molar-refractivity contribution in [2.75, 3.05) is 13.2 Å². The van der Waals surface area contributed by atoms with E-state index in [4.69, 9.17) is 19.3 Å². The van der Waals surface area contributed by atoms with Crippen molar-refractivity contribution in [2.24, 2.45) is 0 Å². The normalized spacial score (nSPS) is 51.7. The van der Waals surface area contributed by atoms with Gasteiger partial charge in [-0.15, -0.1) is 0 Å². The molecule has 0 aromatic heterocycles. The molecule has 2 fully saturated rings. The molecule has 0 spiro atoms. The van der Waals surface area contributed by atoms with Gasteiger partial charge in [-0.25, -0.2) is 0 Å². The Balaban J connectivity index is 2.11. The third-order valence-corrected chi connectivity index (χ3v) is 3.98. The van der Waals surface area contributed by atoms with Gasteiger partial charge in [0.05, 0.1) is 13.2 Å². The summed E-state index contributed by atoms with van der Waals surface area (Å²) in [6, 6.07) is 0. The largest absolute Gasteiger partial charge is 0.394 e. The molecule has 0 aromatic rings. The van der Waals surface area contributed by atoms with E-state index in [-0.39, 0.29) is 0 Å². The highest BCUT2D eigenvalue weighted by molar-refractivity contribution is 4.93. The molecule has 0 aromatic carbocycles. The first-order valence-corrected chi connectivity index (χ1v) is 7.08. The minimum Gasteiger partial charge on any atom is -0.394 e. The molecule has 136 valence electrons. The average molecular weight is 348 g/mol. The maximum atomic E-state index is 9.94. The van der Waals surface area contributed by atoms with Crippen LogP contribution in [0, 0.1) is 0 Å². The topological polar surface area (TPSA) is 190 Å². The first-order valence-electron chi connectivity index (χ1n) is 7.08. The van der Waals surface area contributed by atoms with Crippen LogP contribution in [-0.2, 0) is 14.2 Å². The van der Waals surface area contributed by atoms with Crippen molar-refractivity contribution in [2.45, 2.75) is 61.4 Å². The minimum absolute atomic E-state index is 0.667. The van der Waals surface area contributed by atoms with Crippen molar-refractivity contribution in [3.05, 3.63) is 0 Å².